The molecule has 3 amide bonds. The van der Waals surface area contributed by atoms with Crippen LogP contribution in [0.5, 0.6) is 0 Å². The molecule has 9 heteroatoms. The lowest BCUT2D eigenvalue weighted by Crippen LogP contribution is -2.55. The van der Waals surface area contributed by atoms with Crippen LogP contribution in [0.2, 0.25) is 0 Å². The van der Waals surface area contributed by atoms with Crippen LogP contribution in [-0.2, 0) is 14.4 Å². The van der Waals surface area contributed by atoms with E-state index in [4.69, 9.17) is 0 Å². The predicted molar refractivity (Wildman–Crippen MR) is 167 cm³/mol. The minimum Gasteiger partial charge on any atom is -0.396 e. The predicted octanol–water partition coefficient (Wildman–Crippen LogP) is 3.95. The topological polar surface area (TPSA) is 84.4 Å². The van der Waals surface area contributed by atoms with Crippen LogP contribution in [0.25, 0.3) is 0 Å². The first-order chi connectivity index (χ1) is 19.6. The molecule has 4 rings (SSSR count). The molecule has 2 bridgehead atoms. The average molecular weight is 583 g/mol. The molecule has 1 spiro atoms. The Morgan fingerprint density at radius 1 is 1.05 bits per heavy atom. The van der Waals surface area contributed by atoms with E-state index in [2.05, 4.69) is 38.8 Å². The summed E-state index contributed by atoms with van der Waals surface area (Å²) in [5.74, 6) is -1.37. The van der Waals surface area contributed by atoms with Crippen molar-refractivity contribution in [3.63, 3.8) is 0 Å². The van der Waals surface area contributed by atoms with Gasteiger partial charge in [0.15, 0.2) is 0 Å². The number of thioether (sulfide) groups is 1. The molecule has 3 aliphatic heterocycles. The Kier molecular flexibility index (Phi) is 9.59. The average Bonchev–Trinajstić information content (AvgIpc) is 3.53. The first-order valence-electron chi connectivity index (χ1n) is 14.9. The third kappa shape index (κ3) is 5.31. The molecule has 0 saturated carbocycles. The SMILES string of the molecule is C=CCN(C)C(=O)[C@@H]1[C@H]2C(=O)N(CCCCO)C(C(=O)N(CC=C)c3ccc(N(CC)CC)cc3)C23CC[C@@]1(C)S3. The quantitative estimate of drug-likeness (QED) is 0.264. The summed E-state index contributed by atoms with van der Waals surface area (Å²) in [5.41, 5.74) is 1.85. The maximum atomic E-state index is 14.7. The van der Waals surface area contributed by atoms with Gasteiger partial charge in [-0.1, -0.05) is 12.2 Å². The summed E-state index contributed by atoms with van der Waals surface area (Å²) in [5, 5.41) is 9.45. The van der Waals surface area contributed by atoms with E-state index in [0.717, 1.165) is 30.9 Å². The van der Waals surface area contributed by atoms with Gasteiger partial charge in [0.1, 0.15) is 6.04 Å². The van der Waals surface area contributed by atoms with Gasteiger partial charge in [-0.05, 0) is 70.7 Å². The van der Waals surface area contributed by atoms with E-state index in [9.17, 15) is 19.5 Å². The van der Waals surface area contributed by atoms with Gasteiger partial charge in [-0.15, -0.1) is 24.9 Å². The van der Waals surface area contributed by atoms with E-state index in [-0.39, 0.29) is 24.3 Å². The van der Waals surface area contributed by atoms with E-state index in [1.807, 2.05) is 24.3 Å². The molecule has 0 aromatic heterocycles. The molecule has 1 aromatic rings. The minimum atomic E-state index is -0.699. The largest absolute Gasteiger partial charge is 0.396 e. The number of likely N-dealkylation sites (tertiary alicyclic amines) is 1. The summed E-state index contributed by atoms with van der Waals surface area (Å²) in [7, 11) is 1.76. The molecule has 3 heterocycles. The van der Waals surface area contributed by atoms with E-state index in [1.165, 1.54) is 0 Å². The fourth-order valence-electron chi connectivity index (χ4n) is 7.27. The van der Waals surface area contributed by atoms with Crippen molar-refractivity contribution < 1.29 is 19.5 Å². The van der Waals surface area contributed by atoms with Gasteiger partial charge in [0.25, 0.3) is 5.91 Å². The summed E-state index contributed by atoms with van der Waals surface area (Å²) >= 11 is 1.68. The van der Waals surface area contributed by atoms with Crippen molar-refractivity contribution in [3.8, 4) is 0 Å². The van der Waals surface area contributed by atoms with E-state index in [1.54, 1.807) is 45.7 Å². The van der Waals surface area contributed by atoms with Gasteiger partial charge in [0, 0.05) is 62.5 Å². The van der Waals surface area contributed by atoms with Crippen LogP contribution in [0.15, 0.2) is 49.6 Å². The summed E-state index contributed by atoms with van der Waals surface area (Å²) in [6.45, 7) is 16.9. The number of carbonyl (C=O) groups excluding carboxylic acids is 3. The Balaban J connectivity index is 1.75. The Labute approximate surface area is 249 Å². The van der Waals surface area contributed by atoms with Gasteiger partial charge in [-0.3, -0.25) is 14.4 Å². The molecule has 0 aliphatic carbocycles. The Morgan fingerprint density at radius 3 is 2.27 bits per heavy atom. The maximum Gasteiger partial charge on any atom is 0.251 e. The first-order valence-corrected chi connectivity index (χ1v) is 15.7. The Bertz CT molecular complexity index is 1150. The number of fused-ring (bicyclic) bond motifs is 1. The monoisotopic (exact) mass is 582 g/mol. The molecule has 41 heavy (non-hydrogen) atoms. The molecule has 3 aliphatic rings. The molecule has 3 saturated heterocycles. The number of benzene rings is 1. The molecule has 1 N–H and O–H groups in total. The van der Waals surface area contributed by atoms with Crippen molar-refractivity contribution in [1.29, 1.82) is 0 Å². The molecule has 8 nitrogen and oxygen atoms in total. The number of likely N-dealkylation sites (N-methyl/N-ethyl adjacent to an activating group) is 1. The summed E-state index contributed by atoms with van der Waals surface area (Å²) in [6, 6.07) is 7.30. The number of unbranched alkanes of at least 4 members (excludes halogenated alkanes) is 1. The van der Waals surface area contributed by atoms with Crippen molar-refractivity contribution in [3.05, 3.63) is 49.6 Å². The lowest BCUT2D eigenvalue weighted by molar-refractivity contribution is -0.144. The fraction of sp³-hybridized carbons (Fsp3) is 0.594. The molecular weight excluding hydrogens is 536 g/mol. The van der Waals surface area contributed by atoms with Crippen molar-refractivity contribution in [2.45, 2.75) is 62.0 Å². The lowest BCUT2D eigenvalue weighted by Gasteiger charge is -2.38. The van der Waals surface area contributed by atoms with Crippen molar-refractivity contribution in [2.24, 2.45) is 11.8 Å². The molecule has 1 aromatic carbocycles. The molecular formula is C32H46N4O4S. The van der Waals surface area contributed by atoms with Crippen LogP contribution in [0.4, 0.5) is 11.4 Å². The van der Waals surface area contributed by atoms with Gasteiger partial charge in [-0.25, -0.2) is 0 Å². The third-order valence-electron chi connectivity index (χ3n) is 9.23. The van der Waals surface area contributed by atoms with Crippen LogP contribution in [0.3, 0.4) is 0 Å². The highest BCUT2D eigenvalue weighted by atomic mass is 32.2. The van der Waals surface area contributed by atoms with Crippen LogP contribution < -0.4 is 9.80 Å². The van der Waals surface area contributed by atoms with Gasteiger partial charge < -0.3 is 24.7 Å². The molecule has 3 fully saturated rings. The smallest absolute Gasteiger partial charge is 0.251 e. The van der Waals surface area contributed by atoms with Gasteiger partial charge in [0.2, 0.25) is 11.8 Å². The Hall–Kier alpha value is -2.78. The number of aliphatic hydroxyl groups is 1. The maximum absolute atomic E-state index is 14.7. The van der Waals surface area contributed by atoms with E-state index in [0.29, 0.717) is 38.9 Å². The number of nitrogens with zero attached hydrogens (tertiary/aromatic N) is 4. The van der Waals surface area contributed by atoms with Crippen molar-refractivity contribution in [1.82, 2.24) is 9.80 Å². The van der Waals surface area contributed by atoms with Crippen LogP contribution >= 0.6 is 11.8 Å². The van der Waals surface area contributed by atoms with Gasteiger partial charge in [-0.2, -0.15) is 0 Å². The number of hydrogen-bond acceptors (Lipinski definition) is 6. The highest BCUT2D eigenvalue weighted by Gasteiger charge is 2.77. The number of hydrogen-bond donors (Lipinski definition) is 1. The second-order valence-corrected chi connectivity index (χ2v) is 13.5. The number of carbonyl (C=O) groups is 3. The molecule has 0 radical (unpaired) electrons. The van der Waals surface area contributed by atoms with Crippen LogP contribution in [-0.4, -0.2) is 94.5 Å². The number of amides is 3. The third-order valence-corrected chi connectivity index (χ3v) is 11.2. The number of rotatable bonds is 14. The summed E-state index contributed by atoms with van der Waals surface area (Å²) < 4.78 is -1.10. The lowest BCUT2D eigenvalue weighted by atomic mass is 9.66. The zero-order valence-corrected chi connectivity index (χ0v) is 25.9. The number of aliphatic hydroxyl groups excluding tert-OH is 1. The Morgan fingerprint density at radius 2 is 1.68 bits per heavy atom. The normalized spacial score (nSPS) is 28.0. The van der Waals surface area contributed by atoms with Gasteiger partial charge in [0.05, 0.1) is 16.6 Å². The van der Waals surface area contributed by atoms with Gasteiger partial charge >= 0.3 is 0 Å². The summed E-state index contributed by atoms with van der Waals surface area (Å²) in [6.07, 6.45) is 6.02. The van der Waals surface area contributed by atoms with Crippen molar-refractivity contribution >= 4 is 40.9 Å². The highest BCUT2D eigenvalue weighted by molar-refractivity contribution is 8.02. The first kappa shape index (κ1) is 31.2. The van der Waals surface area contributed by atoms with Crippen LogP contribution in [0, 0.1) is 11.8 Å². The zero-order chi connectivity index (χ0) is 29.9. The zero-order valence-electron chi connectivity index (χ0n) is 25.1. The van der Waals surface area contributed by atoms with E-state index < -0.39 is 27.4 Å². The minimum absolute atomic E-state index is 0.0248. The molecule has 224 valence electrons. The standard InChI is InChI=1S/C32H46N4O4S/c1-7-19-33(6)28(38)25-26-29(39)36(21-11-12-22-37)27(32(26)18-17-31(25,5)41-32)30(40)35(20-8-2)24-15-13-23(14-16-24)34(9-3)10-4/h7-8,13-16,25-27,37H,1-2,9-12,17-22H2,3-6H3/t25-,26-,27?,31+,32?/m0/s1. The summed E-state index contributed by atoms with van der Waals surface area (Å²) in [4.78, 5) is 50.2. The van der Waals surface area contributed by atoms with E-state index >= 15 is 0 Å². The van der Waals surface area contributed by atoms with Crippen molar-refractivity contribution in [2.75, 3.05) is 56.2 Å². The molecule has 5 atom stereocenters. The number of anilines is 2. The fourth-order valence-corrected chi connectivity index (χ4v) is 9.61. The second kappa shape index (κ2) is 12.6. The molecule has 2 unspecified atom stereocenters. The van der Waals surface area contributed by atoms with Crippen LogP contribution in [0.1, 0.15) is 46.5 Å². The highest BCUT2D eigenvalue weighted by Crippen LogP contribution is 2.71. The second-order valence-electron chi connectivity index (χ2n) is 11.6.